The number of rotatable bonds is 4. The second-order valence-corrected chi connectivity index (χ2v) is 18.4. The fraction of sp³-hybridized carbons (Fsp3) is 0.312. The van der Waals surface area contributed by atoms with Crippen molar-refractivity contribution in [3.63, 3.8) is 0 Å². The largest absolute Gasteiger partial charge is 1.00 e. The summed E-state index contributed by atoms with van der Waals surface area (Å²) in [5.41, 5.74) is 3.02. The summed E-state index contributed by atoms with van der Waals surface area (Å²) in [4.78, 5) is 12.7. The standard InChI is InChI=1S/C9H11NO.C5H5.C2H7Si.2ClH.Ti/c1-6-4-3-5-7(2)8(6)9(10)11;1-2-4-5-3-1;1-3-2;;;/h3-5H,1-2H3,(H2,10,11);1-3H,4H2;3H,1-2H3;2*1H;/q;;;;;+3/p-3. The maximum atomic E-state index is 12.7. The van der Waals surface area contributed by atoms with Gasteiger partial charge in [0.2, 0.25) is 0 Å². The second kappa shape index (κ2) is 9.74. The molecule has 0 bridgehead atoms. The molecule has 0 saturated heterocycles. The van der Waals surface area contributed by atoms with Crippen LogP contribution in [-0.2, 0) is 17.4 Å². The van der Waals surface area contributed by atoms with Crippen LogP contribution in [0.2, 0.25) is 13.1 Å². The van der Waals surface area contributed by atoms with Crippen molar-refractivity contribution in [2.75, 3.05) is 0 Å². The molecule has 0 atom stereocenters. The Morgan fingerprint density at radius 3 is 2.23 bits per heavy atom. The molecule has 1 aromatic carbocycles. The van der Waals surface area contributed by atoms with Gasteiger partial charge in [0.1, 0.15) is 0 Å². The van der Waals surface area contributed by atoms with Crippen LogP contribution >= 0.6 is 0 Å². The van der Waals surface area contributed by atoms with Crippen molar-refractivity contribution in [1.29, 1.82) is 0 Å². The van der Waals surface area contributed by atoms with E-state index in [1.165, 1.54) is 3.88 Å². The third kappa shape index (κ3) is 5.10. The summed E-state index contributed by atoms with van der Waals surface area (Å²) in [7, 11) is 0. The van der Waals surface area contributed by atoms with E-state index in [-0.39, 0.29) is 30.7 Å². The van der Waals surface area contributed by atoms with Gasteiger partial charge in [0.05, 0.1) is 0 Å². The molecule has 0 saturated carbocycles. The molecule has 1 aliphatic carbocycles. The van der Waals surface area contributed by atoms with Gasteiger partial charge >= 0.3 is 129 Å². The van der Waals surface area contributed by atoms with E-state index < -0.39 is 24.0 Å². The first-order chi connectivity index (χ1) is 9.50. The normalized spacial score (nSPS) is 12.3. The van der Waals surface area contributed by atoms with Crippen LogP contribution in [0.1, 0.15) is 27.9 Å². The maximum Gasteiger partial charge on any atom is -1.00 e. The number of allylic oxidation sites excluding steroid dienone is 4. The number of aryl methyl sites for hydroxylation is 2. The average Bonchev–Trinajstić information content (AvgIpc) is 2.88. The van der Waals surface area contributed by atoms with E-state index in [1.807, 2.05) is 32.0 Å². The van der Waals surface area contributed by atoms with Gasteiger partial charge in [0.25, 0.3) is 0 Å². The zero-order chi connectivity index (χ0) is 14.7. The molecule has 119 valence electrons. The molecular weight excluding hydrogens is 369 g/mol. The van der Waals surface area contributed by atoms with Gasteiger partial charge in [-0.25, -0.2) is 0 Å². The van der Waals surface area contributed by atoms with Gasteiger partial charge in [-0.15, -0.1) is 0 Å². The van der Waals surface area contributed by atoms with Crippen molar-refractivity contribution < 1.29 is 47.0 Å². The SMILES string of the molecule is Cc1cccc(C)c1C(=O)[NH][Ti+2]([C]1=CC=CC1)[SiH](C)C.[Cl-].[Cl-]. The van der Waals surface area contributed by atoms with Crippen molar-refractivity contribution in [1.82, 2.24) is 3.80 Å². The quantitative estimate of drug-likeness (QED) is 0.561. The van der Waals surface area contributed by atoms with Crippen LogP contribution in [0.4, 0.5) is 0 Å². The van der Waals surface area contributed by atoms with E-state index in [0.717, 1.165) is 23.1 Å². The van der Waals surface area contributed by atoms with Crippen LogP contribution in [0.3, 0.4) is 0 Å². The van der Waals surface area contributed by atoms with E-state index in [2.05, 4.69) is 35.1 Å². The molecule has 0 fully saturated rings. The second-order valence-electron chi connectivity index (χ2n) is 5.61. The summed E-state index contributed by atoms with van der Waals surface area (Å²) in [5, 5.41) is 0. The Balaban J connectivity index is 0.00000220. The summed E-state index contributed by atoms with van der Waals surface area (Å²) < 4.78 is 4.96. The molecule has 0 aromatic heterocycles. The molecule has 0 heterocycles. The molecule has 1 aliphatic rings. The van der Waals surface area contributed by atoms with Gasteiger partial charge < -0.3 is 24.8 Å². The third-order valence-corrected chi connectivity index (χ3v) is 14.8. The van der Waals surface area contributed by atoms with Crippen LogP contribution in [0.5, 0.6) is 0 Å². The molecule has 1 N–H and O–H groups in total. The van der Waals surface area contributed by atoms with E-state index in [4.69, 9.17) is 0 Å². The van der Waals surface area contributed by atoms with Crippen molar-refractivity contribution >= 4 is 12.6 Å². The van der Waals surface area contributed by atoms with Crippen LogP contribution < -0.4 is 28.6 Å². The van der Waals surface area contributed by atoms with Crippen molar-refractivity contribution in [2.24, 2.45) is 0 Å². The smallest absolute Gasteiger partial charge is 1.00 e. The summed E-state index contributed by atoms with van der Waals surface area (Å²) in [6.45, 7) is 7.94. The van der Waals surface area contributed by atoms with Crippen molar-refractivity contribution in [3.05, 3.63) is 57.0 Å². The maximum absolute atomic E-state index is 12.7. The van der Waals surface area contributed by atoms with Gasteiger partial charge in [-0.3, -0.25) is 0 Å². The van der Waals surface area contributed by atoms with Crippen LogP contribution in [0.25, 0.3) is 0 Å². The molecule has 22 heavy (non-hydrogen) atoms. The monoisotopic (exact) mass is 390 g/mol. The number of carbonyl (C=O) groups excluding carboxylic acids is 1. The summed E-state index contributed by atoms with van der Waals surface area (Å²) >= 11 is -1.60. The topological polar surface area (TPSA) is 29.1 Å². The van der Waals surface area contributed by atoms with E-state index >= 15 is 0 Å². The molecule has 2 rings (SSSR count). The molecule has 0 unspecified atom stereocenters. The third-order valence-electron chi connectivity index (χ3n) is 3.65. The first-order valence-corrected chi connectivity index (χ1v) is 14.3. The molecule has 6 heteroatoms. The van der Waals surface area contributed by atoms with Crippen LogP contribution in [0.15, 0.2) is 40.3 Å². The van der Waals surface area contributed by atoms with Crippen molar-refractivity contribution in [3.8, 4) is 0 Å². The Morgan fingerprint density at radius 1 is 1.18 bits per heavy atom. The Labute approximate surface area is 153 Å². The van der Waals surface area contributed by atoms with E-state index in [1.54, 1.807) is 0 Å². The first kappa shape index (κ1) is 21.7. The molecular formula is C16H22Cl2NOSiTi. The number of nitrogens with one attached hydrogen (secondary N) is 1. The van der Waals surface area contributed by atoms with E-state index in [9.17, 15) is 4.79 Å². The first-order valence-electron chi connectivity index (χ1n) is 7.11. The predicted octanol–water partition coefficient (Wildman–Crippen LogP) is -2.60. The average molecular weight is 391 g/mol. The number of hydrogen-bond acceptors (Lipinski definition) is 1. The fourth-order valence-corrected chi connectivity index (χ4v) is 11.7. The fourth-order valence-electron chi connectivity index (χ4n) is 2.60. The summed E-state index contributed by atoms with van der Waals surface area (Å²) in [5.74, 6) is 0.143. The molecule has 0 aliphatic heterocycles. The number of benzene rings is 1. The molecule has 1 amide bonds. The summed E-state index contributed by atoms with van der Waals surface area (Å²) in [6, 6.07) is 6.05. The molecule has 2 nitrogen and oxygen atoms in total. The predicted molar refractivity (Wildman–Crippen MR) is 84.1 cm³/mol. The van der Waals surface area contributed by atoms with Gasteiger partial charge in [0.15, 0.2) is 0 Å². The minimum absolute atomic E-state index is 0. The zero-order valence-electron chi connectivity index (χ0n) is 13.4. The molecule has 1 aromatic rings. The minimum Gasteiger partial charge on any atom is -1.00 e. The Hall–Kier alpha value is -0.319. The Kier molecular flexibility index (Phi) is 9.60. The van der Waals surface area contributed by atoms with Gasteiger partial charge in [-0.2, -0.15) is 0 Å². The van der Waals surface area contributed by atoms with E-state index in [0.29, 0.717) is 0 Å². The van der Waals surface area contributed by atoms with Crippen LogP contribution in [-0.4, -0.2) is 12.6 Å². The van der Waals surface area contributed by atoms with Crippen LogP contribution in [0, 0.1) is 13.8 Å². The molecule has 0 spiro atoms. The zero-order valence-corrected chi connectivity index (χ0v) is 17.6. The van der Waals surface area contributed by atoms with Gasteiger partial charge in [0, 0.05) is 0 Å². The Bertz CT molecular complexity index is 567. The number of halogens is 2. The number of hydrogen-bond donors (Lipinski definition) is 1. The minimum atomic E-state index is -1.60. The Morgan fingerprint density at radius 2 is 1.77 bits per heavy atom. The van der Waals surface area contributed by atoms with Crippen molar-refractivity contribution in [2.45, 2.75) is 33.4 Å². The number of carbonyl (C=O) groups is 1. The van der Waals surface area contributed by atoms with Gasteiger partial charge in [-0.05, 0) is 0 Å². The number of amides is 1. The van der Waals surface area contributed by atoms with Gasteiger partial charge in [-0.1, -0.05) is 0 Å². The summed E-state index contributed by atoms with van der Waals surface area (Å²) in [6.07, 6.45) is 7.61. The molecule has 0 radical (unpaired) electrons.